The van der Waals surface area contributed by atoms with Crippen LogP contribution in [0.3, 0.4) is 0 Å². The zero-order valence-corrected chi connectivity index (χ0v) is 14.2. The second-order valence-electron chi connectivity index (χ2n) is 5.18. The normalized spacial score (nSPS) is 10.7. The second-order valence-corrected chi connectivity index (χ2v) is 6.08. The van der Waals surface area contributed by atoms with Crippen molar-refractivity contribution in [3.8, 4) is 5.75 Å². The van der Waals surface area contributed by atoms with Gasteiger partial charge in [-0.1, -0.05) is 11.6 Å². The summed E-state index contributed by atoms with van der Waals surface area (Å²) in [6.45, 7) is 3.73. The predicted molar refractivity (Wildman–Crippen MR) is 92.5 cm³/mol. The van der Waals surface area contributed by atoms with E-state index >= 15 is 0 Å². The third kappa shape index (κ3) is 3.60. The highest BCUT2D eigenvalue weighted by Gasteiger charge is 2.08. The summed E-state index contributed by atoms with van der Waals surface area (Å²) in [4.78, 5) is 12.0. The Bertz CT molecular complexity index is 856. The lowest BCUT2D eigenvalue weighted by molar-refractivity contribution is -0.118. The number of rotatable bonds is 4. The number of amides is 1. The van der Waals surface area contributed by atoms with Crippen LogP contribution in [0.25, 0.3) is 11.0 Å². The number of carbonyl (C=O) groups is 1. The highest BCUT2D eigenvalue weighted by molar-refractivity contribution is 7.00. The number of halogens is 1. The van der Waals surface area contributed by atoms with Gasteiger partial charge in [-0.05, 0) is 55.3 Å². The number of hydrogen-bond donors (Lipinski definition) is 1. The van der Waals surface area contributed by atoms with Gasteiger partial charge >= 0.3 is 0 Å². The van der Waals surface area contributed by atoms with Crippen molar-refractivity contribution in [1.82, 2.24) is 8.75 Å². The Morgan fingerprint density at radius 1 is 1.17 bits per heavy atom. The van der Waals surface area contributed by atoms with Crippen molar-refractivity contribution in [2.24, 2.45) is 0 Å². The molecule has 0 unspecified atom stereocenters. The van der Waals surface area contributed by atoms with Crippen LogP contribution >= 0.6 is 23.3 Å². The van der Waals surface area contributed by atoms with Gasteiger partial charge in [0.25, 0.3) is 5.91 Å². The van der Waals surface area contributed by atoms with Crippen molar-refractivity contribution in [3.63, 3.8) is 0 Å². The van der Waals surface area contributed by atoms with E-state index in [0.29, 0.717) is 16.5 Å². The van der Waals surface area contributed by atoms with Gasteiger partial charge in [0.15, 0.2) is 6.61 Å². The van der Waals surface area contributed by atoms with Crippen molar-refractivity contribution in [1.29, 1.82) is 0 Å². The monoisotopic (exact) mass is 347 g/mol. The molecule has 1 amide bonds. The molecule has 0 saturated carbocycles. The molecule has 118 valence electrons. The van der Waals surface area contributed by atoms with Crippen molar-refractivity contribution < 1.29 is 9.53 Å². The van der Waals surface area contributed by atoms with E-state index in [4.69, 9.17) is 16.3 Å². The van der Waals surface area contributed by atoms with Gasteiger partial charge < -0.3 is 10.1 Å². The van der Waals surface area contributed by atoms with Crippen LogP contribution in [0.4, 0.5) is 5.69 Å². The standard InChI is InChI=1S/C16H14ClN3O2S/c1-9-5-12(6-10(2)16(9)17)22-8-15(21)18-11-3-4-13-14(7-11)20-23-19-13/h3-7H,8H2,1-2H3,(H,18,21). The third-order valence-corrected chi connectivity index (χ3v) is 4.47. The van der Waals surface area contributed by atoms with Crippen molar-refractivity contribution in [3.05, 3.63) is 46.5 Å². The maximum absolute atomic E-state index is 12.0. The molecule has 1 aromatic heterocycles. The van der Waals surface area contributed by atoms with E-state index < -0.39 is 0 Å². The van der Waals surface area contributed by atoms with E-state index in [1.165, 1.54) is 0 Å². The summed E-state index contributed by atoms with van der Waals surface area (Å²) >= 11 is 7.26. The highest BCUT2D eigenvalue weighted by Crippen LogP contribution is 2.25. The van der Waals surface area contributed by atoms with Gasteiger partial charge in [-0.3, -0.25) is 4.79 Å². The Kier molecular flexibility index (Phi) is 4.45. The van der Waals surface area contributed by atoms with E-state index in [0.717, 1.165) is 33.9 Å². The van der Waals surface area contributed by atoms with Crippen LogP contribution in [0.5, 0.6) is 5.75 Å². The van der Waals surface area contributed by atoms with Gasteiger partial charge in [-0.15, -0.1) is 0 Å². The lowest BCUT2D eigenvalue weighted by atomic mass is 10.1. The molecule has 3 rings (SSSR count). The molecule has 0 spiro atoms. The molecule has 3 aromatic rings. The average molecular weight is 348 g/mol. The number of aryl methyl sites for hydroxylation is 2. The van der Waals surface area contributed by atoms with Crippen LogP contribution in [-0.2, 0) is 4.79 Å². The fourth-order valence-corrected chi connectivity index (χ4v) is 2.82. The molecule has 0 radical (unpaired) electrons. The van der Waals surface area contributed by atoms with Gasteiger partial charge in [0.2, 0.25) is 0 Å². The number of fused-ring (bicyclic) bond motifs is 1. The SMILES string of the molecule is Cc1cc(OCC(=O)Nc2ccc3nsnc3c2)cc(C)c1Cl. The maximum Gasteiger partial charge on any atom is 0.262 e. The number of nitrogens with zero attached hydrogens (tertiary/aromatic N) is 2. The van der Waals surface area contributed by atoms with Gasteiger partial charge in [0, 0.05) is 10.7 Å². The summed E-state index contributed by atoms with van der Waals surface area (Å²) in [5, 5.41) is 3.50. The lowest BCUT2D eigenvalue weighted by Gasteiger charge is -2.10. The minimum absolute atomic E-state index is 0.0755. The number of ether oxygens (including phenoxy) is 1. The van der Waals surface area contributed by atoms with Gasteiger partial charge in [0.05, 0.1) is 11.7 Å². The van der Waals surface area contributed by atoms with Gasteiger partial charge in [0.1, 0.15) is 16.8 Å². The molecule has 0 aliphatic carbocycles. The van der Waals surface area contributed by atoms with Gasteiger partial charge in [-0.25, -0.2) is 0 Å². The predicted octanol–water partition coefficient (Wildman–Crippen LogP) is 3.98. The maximum atomic E-state index is 12.0. The third-order valence-electron chi connectivity index (χ3n) is 3.32. The Labute approximate surface area is 142 Å². The molecule has 0 fully saturated rings. The zero-order valence-electron chi connectivity index (χ0n) is 12.6. The Morgan fingerprint density at radius 3 is 2.61 bits per heavy atom. The Morgan fingerprint density at radius 2 is 1.87 bits per heavy atom. The van der Waals surface area contributed by atoms with Crippen molar-refractivity contribution in [2.45, 2.75) is 13.8 Å². The number of carbonyl (C=O) groups excluding carboxylic acids is 1. The summed E-state index contributed by atoms with van der Waals surface area (Å²) in [6, 6.07) is 9.03. The summed E-state index contributed by atoms with van der Waals surface area (Å²) in [5.74, 6) is 0.386. The molecule has 2 aromatic carbocycles. The zero-order chi connectivity index (χ0) is 16.4. The minimum atomic E-state index is -0.238. The van der Waals surface area contributed by atoms with E-state index in [2.05, 4.69) is 14.1 Å². The fourth-order valence-electron chi connectivity index (χ4n) is 2.20. The van der Waals surface area contributed by atoms with Crippen LogP contribution in [0.2, 0.25) is 5.02 Å². The molecule has 1 heterocycles. The molecular formula is C16H14ClN3O2S. The number of anilines is 1. The van der Waals surface area contributed by atoms with Crippen LogP contribution in [-0.4, -0.2) is 21.3 Å². The van der Waals surface area contributed by atoms with Crippen LogP contribution in [0.1, 0.15) is 11.1 Å². The molecule has 0 bridgehead atoms. The molecule has 0 saturated heterocycles. The fraction of sp³-hybridized carbons (Fsp3) is 0.188. The summed E-state index contributed by atoms with van der Waals surface area (Å²) in [5.41, 5.74) is 4.09. The molecule has 1 N–H and O–H groups in total. The topological polar surface area (TPSA) is 64.1 Å². The van der Waals surface area contributed by atoms with Crippen molar-refractivity contribution >= 4 is 46.0 Å². The summed E-state index contributed by atoms with van der Waals surface area (Å²) < 4.78 is 13.8. The first-order chi connectivity index (χ1) is 11.0. The first kappa shape index (κ1) is 15.7. The molecule has 5 nitrogen and oxygen atoms in total. The Hall–Kier alpha value is -2.18. The minimum Gasteiger partial charge on any atom is -0.484 e. The number of aromatic nitrogens is 2. The summed E-state index contributed by atoms with van der Waals surface area (Å²) in [7, 11) is 0. The van der Waals surface area contributed by atoms with E-state index in [1.54, 1.807) is 12.1 Å². The first-order valence-corrected chi connectivity index (χ1v) is 8.05. The molecule has 0 aliphatic heterocycles. The van der Waals surface area contributed by atoms with Crippen LogP contribution in [0, 0.1) is 13.8 Å². The van der Waals surface area contributed by atoms with Crippen LogP contribution < -0.4 is 10.1 Å². The number of hydrogen-bond acceptors (Lipinski definition) is 5. The first-order valence-electron chi connectivity index (χ1n) is 6.94. The van der Waals surface area contributed by atoms with E-state index in [1.807, 2.05) is 32.0 Å². The summed E-state index contributed by atoms with van der Waals surface area (Å²) in [6.07, 6.45) is 0. The van der Waals surface area contributed by atoms with E-state index in [9.17, 15) is 4.79 Å². The number of nitrogens with one attached hydrogen (secondary N) is 1. The molecule has 7 heteroatoms. The van der Waals surface area contributed by atoms with Gasteiger partial charge in [-0.2, -0.15) is 8.75 Å². The van der Waals surface area contributed by atoms with Crippen LogP contribution in [0.15, 0.2) is 30.3 Å². The smallest absolute Gasteiger partial charge is 0.262 e. The molecule has 0 atom stereocenters. The molecular weight excluding hydrogens is 334 g/mol. The lowest BCUT2D eigenvalue weighted by Crippen LogP contribution is -2.20. The van der Waals surface area contributed by atoms with E-state index in [-0.39, 0.29) is 12.5 Å². The number of benzene rings is 2. The van der Waals surface area contributed by atoms with Crippen molar-refractivity contribution in [2.75, 3.05) is 11.9 Å². The largest absolute Gasteiger partial charge is 0.484 e. The second kappa shape index (κ2) is 6.52. The molecule has 0 aliphatic rings. The Balaban J connectivity index is 1.63. The quantitative estimate of drug-likeness (QED) is 0.775. The average Bonchev–Trinajstić information content (AvgIpc) is 2.98. The molecule has 23 heavy (non-hydrogen) atoms. The highest BCUT2D eigenvalue weighted by atomic mass is 35.5.